The van der Waals surface area contributed by atoms with Crippen molar-refractivity contribution in [3.8, 4) is 11.1 Å². The lowest BCUT2D eigenvalue weighted by atomic mass is 9.81. The number of carbonyl (C=O) groups excluding carboxylic acids is 2. The Morgan fingerprint density at radius 3 is 2.29 bits per heavy atom. The molecule has 2 amide bonds. The Balaban J connectivity index is 1.22. The number of alkyl carbamates (subject to hydrolysis) is 1. The van der Waals surface area contributed by atoms with Crippen molar-refractivity contribution in [1.82, 2.24) is 10.2 Å². The molecule has 0 spiro atoms. The highest BCUT2D eigenvalue weighted by Crippen LogP contribution is 2.44. The second-order valence-corrected chi connectivity index (χ2v) is 10.2. The summed E-state index contributed by atoms with van der Waals surface area (Å²) in [5.74, 6) is -0.963. The SMILES string of the molecule is CC(CCCC(=O)N1C[C@@H](C)[C@](C)(C(=O)O)C1)NC(=O)OCC1c2ccccc2-c2ccccc21. The van der Waals surface area contributed by atoms with Crippen molar-refractivity contribution in [2.75, 3.05) is 19.7 Å². The van der Waals surface area contributed by atoms with E-state index in [9.17, 15) is 19.5 Å². The topological polar surface area (TPSA) is 95.9 Å². The molecular weight excluding hydrogens is 444 g/mol. The summed E-state index contributed by atoms with van der Waals surface area (Å²) >= 11 is 0. The van der Waals surface area contributed by atoms with Crippen molar-refractivity contribution in [3.63, 3.8) is 0 Å². The summed E-state index contributed by atoms with van der Waals surface area (Å²) in [4.78, 5) is 38.3. The zero-order chi connectivity index (χ0) is 25.2. The van der Waals surface area contributed by atoms with Gasteiger partial charge in [0.2, 0.25) is 5.91 Å². The zero-order valence-corrected chi connectivity index (χ0v) is 20.6. The Hall–Kier alpha value is -3.35. The number of amides is 2. The molecule has 0 aromatic heterocycles. The van der Waals surface area contributed by atoms with E-state index in [-0.39, 0.29) is 36.9 Å². The van der Waals surface area contributed by atoms with Crippen LogP contribution in [0.5, 0.6) is 0 Å². The van der Waals surface area contributed by atoms with E-state index in [2.05, 4.69) is 29.6 Å². The van der Waals surface area contributed by atoms with Gasteiger partial charge in [0.25, 0.3) is 0 Å². The van der Waals surface area contributed by atoms with Crippen LogP contribution in [0.25, 0.3) is 11.1 Å². The molecule has 2 aromatic carbocycles. The Morgan fingerprint density at radius 2 is 1.71 bits per heavy atom. The molecule has 3 atom stereocenters. The molecule has 1 aliphatic carbocycles. The molecule has 35 heavy (non-hydrogen) atoms. The first-order chi connectivity index (χ1) is 16.7. The third kappa shape index (κ3) is 5.04. The molecule has 1 unspecified atom stereocenters. The fraction of sp³-hybridized carbons (Fsp3) is 0.464. The van der Waals surface area contributed by atoms with E-state index in [0.29, 0.717) is 25.8 Å². The molecule has 2 aromatic rings. The maximum atomic E-state index is 12.6. The predicted molar refractivity (Wildman–Crippen MR) is 133 cm³/mol. The van der Waals surface area contributed by atoms with E-state index in [0.717, 1.165) is 0 Å². The molecular formula is C28H34N2O5. The number of ether oxygens (including phenoxy) is 1. The van der Waals surface area contributed by atoms with Gasteiger partial charge >= 0.3 is 12.1 Å². The number of aliphatic carboxylic acids is 1. The molecule has 0 saturated carbocycles. The first-order valence-electron chi connectivity index (χ1n) is 12.3. The third-order valence-corrected chi connectivity index (χ3v) is 7.68. The minimum absolute atomic E-state index is 0.0143. The molecule has 1 fully saturated rings. The summed E-state index contributed by atoms with van der Waals surface area (Å²) in [7, 11) is 0. The molecule has 0 bridgehead atoms. The number of nitrogens with one attached hydrogen (secondary N) is 1. The van der Waals surface area contributed by atoms with E-state index in [4.69, 9.17) is 4.74 Å². The normalized spacial score (nSPS) is 21.8. The Kier molecular flexibility index (Phi) is 7.15. The molecule has 4 rings (SSSR count). The van der Waals surface area contributed by atoms with Crippen molar-refractivity contribution >= 4 is 18.0 Å². The van der Waals surface area contributed by atoms with Crippen LogP contribution in [0.1, 0.15) is 57.1 Å². The quantitative estimate of drug-likeness (QED) is 0.576. The molecule has 7 heteroatoms. The molecule has 1 aliphatic heterocycles. The molecule has 2 aliphatic rings. The highest BCUT2D eigenvalue weighted by Gasteiger charge is 2.47. The van der Waals surface area contributed by atoms with E-state index >= 15 is 0 Å². The second-order valence-electron chi connectivity index (χ2n) is 10.2. The van der Waals surface area contributed by atoms with Gasteiger partial charge in [-0.15, -0.1) is 0 Å². The van der Waals surface area contributed by atoms with E-state index in [1.54, 1.807) is 11.8 Å². The average Bonchev–Trinajstić information content (AvgIpc) is 3.32. The lowest BCUT2D eigenvalue weighted by molar-refractivity contribution is -0.149. The minimum atomic E-state index is -0.894. The summed E-state index contributed by atoms with van der Waals surface area (Å²) in [5.41, 5.74) is 3.82. The van der Waals surface area contributed by atoms with Crippen LogP contribution in [0.3, 0.4) is 0 Å². The zero-order valence-electron chi connectivity index (χ0n) is 20.6. The van der Waals surface area contributed by atoms with Gasteiger partial charge in [-0.1, -0.05) is 55.5 Å². The van der Waals surface area contributed by atoms with Gasteiger partial charge in [-0.05, 0) is 54.9 Å². The van der Waals surface area contributed by atoms with Crippen LogP contribution in [-0.4, -0.2) is 53.7 Å². The molecule has 7 nitrogen and oxygen atoms in total. The number of rotatable bonds is 8. The van der Waals surface area contributed by atoms with Crippen molar-refractivity contribution in [2.24, 2.45) is 11.3 Å². The van der Waals surface area contributed by atoms with Gasteiger partial charge in [0.15, 0.2) is 0 Å². The van der Waals surface area contributed by atoms with Gasteiger partial charge in [-0.3, -0.25) is 9.59 Å². The number of fused-ring (bicyclic) bond motifs is 3. The van der Waals surface area contributed by atoms with Crippen LogP contribution >= 0.6 is 0 Å². The van der Waals surface area contributed by atoms with Gasteiger partial charge in [-0.2, -0.15) is 0 Å². The standard InChI is InChI=1S/C28H34N2O5/c1-18-15-30(17-28(18,3)26(32)33)25(31)14-8-9-19(2)29-27(34)35-16-24-22-12-6-4-10-20(22)21-11-5-7-13-23(21)24/h4-7,10-13,18-19,24H,8-9,14-17H2,1-3H3,(H,29,34)(H,32,33)/t18-,19?,28-/m1/s1. The number of carboxylic acid groups (broad SMARTS) is 1. The Morgan fingerprint density at radius 1 is 1.11 bits per heavy atom. The van der Waals surface area contributed by atoms with Crippen molar-refractivity contribution in [2.45, 2.75) is 52.0 Å². The van der Waals surface area contributed by atoms with Gasteiger partial charge < -0.3 is 20.1 Å². The minimum Gasteiger partial charge on any atom is -0.481 e. The number of carbonyl (C=O) groups is 3. The van der Waals surface area contributed by atoms with E-state index < -0.39 is 17.5 Å². The van der Waals surface area contributed by atoms with Gasteiger partial charge in [0.05, 0.1) is 5.41 Å². The smallest absolute Gasteiger partial charge is 0.407 e. The second kappa shape index (κ2) is 10.1. The average molecular weight is 479 g/mol. The lowest BCUT2D eigenvalue weighted by Gasteiger charge is -2.22. The van der Waals surface area contributed by atoms with Crippen LogP contribution in [0.2, 0.25) is 0 Å². The molecule has 1 heterocycles. The highest BCUT2D eigenvalue weighted by atomic mass is 16.5. The summed E-state index contributed by atoms with van der Waals surface area (Å²) in [6.07, 6.45) is 1.11. The van der Waals surface area contributed by atoms with Gasteiger partial charge in [0, 0.05) is 31.5 Å². The number of nitrogens with zero attached hydrogens (tertiary/aromatic N) is 1. The lowest BCUT2D eigenvalue weighted by Crippen LogP contribution is -2.36. The van der Waals surface area contributed by atoms with Crippen molar-refractivity contribution < 1.29 is 24.2 Å². The number of benzene rings is 2. The number of hydrogen-bond donors (Lipinski definition) is 2. The highest BCUT2D eigenvalue weighted by molar-refractivity contribution is 5.81. The van der Waals surface area contributed by atoms with Crippen LogP contribution in [-0.2, 0) is 14.3 Å². The van der Waals surface area contributed by atoms with Crippen molar-refractivity contribution in [1.29, 1.82) is 0 Å². The van der Waals surface area contributed by atoms with Crippen molar-refractivity contribution in [3.05, 3.63) is 59.7 Å². The van der Waals surface area contributed by atoms with E-state index in [1.807, 2.05) is 38.1 Å². The molecule has 1 saturated heterocycles. The first-order valence-corrected chi connectivity index (χ1v) is 12.3. The maximum absolute atomic E-state index is 12.6. The maximum Gasteiger partial charge on any atom is 0.407 e. The predicted octanol–water partition coefficient (Wildman–Crippen LogP) is 4.65. The number of hydrogen-bond acceptors (Lipinski definition) is 4. The number of likely N-dealkylation sites (tertiary alicyclic amines) is 1. The van der Waals surface area contributed by atoms with Gasteiger partial charge in [-0.25, -0.2) is 4.79 Å². The van der Waals surface area contributed by atoms with Crippen LogP contribution in [0.4, 0.5) is 4.79 Å². The molecule has 2 N–H and O–H groups in total. The first kappa shape index (κ1) is 24.8. The van der Waals surface area contributed by atoms with Crippen LogP contribution in [0, 0.1) is 11.3 Å². The van der Waals surface area contributed by atoms with Gasteiger partial charge in [0.1, 0.15) is 6.61 Å². The fourth-order valence-electron chi connectivity index (χ4n) is 5.25. The Labute approximate surface area is 206 Å². The monoisotopic (exact) mass is 478 g/mol. The summed E-state index contributed by atoms with van der Waals surface area (Å²) in [6.45, 7) is 6.45. The summed E-state index contributed by atoms with van der Waals surface area (Å²) in [6, 6.07) is 16.3. The molecule has 186 valence electrons. The Bertz CT molecular complexity index is 1070. The largest absolute Gasteiger partial charge is 0.481 e. The third-order valence-electron chi connectivity index (χ3n) is 7.68. The van der Waals surface area contributed by atoms with Crippen LogP contribution < -0.4 is 5.32 Å². The van der Waals surface area contributed by atoms with E-state index in [1.165, 1.54) is 22.3 Å². The molecule has 0 radical (unpaired) electrons. The fourth-order valence-corrected chi connectivity index (χ4v) is 5.25. The summed E-state index contributed by atoms with van der Waals surface area (Å²) in [5, 5.41) is 12.4. The van der Waals surface area contributed by atoms with Crippen LogP contribution in [0.15, 0.2) is 48.5 Å². The number of carboxylic acids is 1. The summed E-state index contributed by atoms with van der Waals surface area (Å²) < 4.78 is 5.60.